The Kier molecular flexibility index (Phi) is 10.4. The summed E-state index contributed by atoms with van der Waals surface area (Å²) in [6.45, 7) is 0.864. The number of nitrogens with one attached hydrogen (secondary N) is 1. The first-order valence-corrected chi connectivity index (χ1v) is 9.54. The predicted octanol–water partition coefficient (Wildman–Crippen LogP) is 5.06. The number of anilines is 2. The Hall–Kier alpha value is -1.75. The Morgan fingerprint density at radius 1 is 1.04 bits per heavy atom. The van der Waals surface area contributed by atoms with Crippen molar-refractivity contribution in [2.24, 2.45) is 0 Å². The van der Waals surface area contributed by atoms with E-state index in [1.54, 1.807) is 0 Å². The number of carbonyl (C=O) groups excluding carboxylic acids is 1. The molecule has 4 nitrogen and oxygen atoms in total. The predicted molar refractivity (Wildman–Crippen MR) is 122 cm³/mol. The van der Waals surface area contributed by atoms with Gasteiger partial charge in [0.25, 0.3) is 0 Å². The topological polar surface area (TPSA) is 58.4 Å². The molecule has 3 rings (SSSR count). The van der Waals surface area contributed by atoms with E-state index in [9.17, 15) is 4.79 Å². The molecule has 2 aromatic rings. The van der Waals surface area contributed by atoms with Crippen molar-refractivity contribution < 1.29 is 4.79 Å². The van der Waals surface area contributed by atoms with Crippen LogP contribution in [0, 0.1) is 0 Å². The van der Waals surface area contributed by atoms with Crippen molar-refractivity contribution in [2.75, 3.05) is 18.1 Å². The molecule has 0 aromatic heterocycles. The van der Waals surface area contributed by atoms with Gasteiger partial charge in [-0.1, -0.05) is 49.6 Å². The first-order chi connectivity index (χ1) is 12.6. The lowest BCUT2D eigenvalue weighted by molar-refractivity contribution is -0.115. The largest absolute Gasteiger partial charge is 0.399 e. The van der Waals surface area contributed by atoms with Gasteiger partial charge in [-0.25, -0.2) is 0 Å². The first kappa shape index (κ1) is 24.3. The van der Waals surface area contributed by atoms with E-state index in [1.165, 1.54) is 37.7 Å². The number of nitrogen functional groups attached to an aromatic ring is 1. The molecule has 1 aliphatic carbocycles. The van der Waals surface area contributed by atoms with Gasteiger partial charge in [0.15, 0.2) is 0 Å². The molecule has 1 aliphatic rings. The van der Waals surface area contributed by atoms with Crippen LogP contribution in [-0.4, -0.2) is 23.9 Å². The zero-order valence-electron chi connectivity index (χ0n) is 16.4. The minimum Gasteiger partial charge on any atom is -0.399 e. The number of halogens is 2. The summed E-state index contributed by atoms with van der Waals surface area (Å²) in [6.07, 6.45) is 6.93. The quantitative estimate of drug-likeness (QED) is 0.638. The highest BCUT2D eigenvalue weighted by atomic mass is 35.5. The van der Waals surface area contributed by atoms with Gasteiger partial charge in [-0.15, -0.1) is 24.8 Å². The van der Waals surface area contributed by atoms with Crippen molar-refractivity contribution in [3.63, 3.8) is 0 Å². The molecule has 0 heterocycles. The van der Waals surface area contributed by atoms with E-state index >= 15 is 0 Å². The highest BCUT2D eigenvalue weighted by Crippen LogP contribution is 2.25. The number of hydrogen-bond donors (Lipinski definition) is 2. The maximum absolute atomic E-state index is 12.5. The van der Waals surface area contributed by atoms with E-state index in [-0.39, 0.29) is 30.7 Å². The normalized spacial score (nSPS) is 14.1. The number of hydrogen-bond acceptors (Lipinski definition) is 3. The lowest BCUT2D eigenvalue weighted by Gasteiger charge is -2.31. The monoisotopic (exact) mass is 423 g/mol. The third kappa shape index (κ3) is 7.01. The molecule has 1 fully saturated rings. The smallest absolute Gasteiger partial charge is 0.228 e. The SMILES string of the molecule is CN(Cc1ccccc1NC(=O)Cc1ccc(N)cc1)C1CCCCC1.Cl.Cl. The number of amides is 1. The average molecular weight is 424 g/mol. The second-order valence-electron chi connectivity index (χ2n) is 7.33. The first-order valence-electron chi connectivity index (χ1n) is 9.54. The zero-order chi connectivity index (χ0) is 18.4. The number of benzene rings is 2. The van der Waals surface area contributed by atoms with Crippen LogP contribution in [0.4, 0.5) is 11.4 Å². The molecule has 2 aromatic carbocycles. The van der Waals surface area contributed by atoms with E-state index in [1.807, 2.05) is 42.5 Å². The maximum atomic E-state index is 12.5. The molecule has 0 saturated heterocycles. The summed E-state index contributed by atoms with van der Waals surface area (Å²) >= 11 is 0. The van der Waals surface area contributed by atoms with Crippen molar-refractivity contribution in [3.8, 4) is 0 Å². The van der Waals surface area contributed by atoms with Crippen LogP contribution >= 0.6 is 24.8 Å². The van der Waals surface area contributed by atoms with Crippen LogP contribution in [0.3, 0.4) is 0 Å². The van der Waals surface area contributed by atoms with Crippen LogP contribution in [0.2, 0.25) is 0 Å². The third-order valence-electron chi connectivity index (χ3n) is 5.25. The fourth-order valence-electron chi connectivity index (χ4n) is 3.72. The summed E-state index contributed by atoms with van der Waals surface area (Å²) in [7, 11) is 2.20. The van der Waals surface area contributed by atoms with Crippen molar-refractivity contribution in [1.29, 1.82) is 0 Å². The average Bonchev–Trinajstić information content (AvgIpc) is 2.66. The minimum absolute atomic E-state index is 0. The Bertz CT molecular complexity index is 731. The van der Waals surface area contributed by atoms with Crippen molar-refractivity contribution in [2.45, 2.75) is 51.1 Å². The summed E-state index contributed by atoms with van der Waals surface area (Å²) in [5.41, 5.74) is 9.47. The number of nitrogens with two attached hydrogens (primary N) is 1. The van der Waals surface area contributed by atoms with Crippen molar-refractivity contribution >= 4 is 42.1 Å². The highest BCUT2D eigenvalue weighted by molar-refractivity contribution is 5.93. The fraction of sp³-hybridized carbons (Fsp3) is 0.409. The Morgan fingerprint density at radius 2 is 1.68 bits per heavy atom. The molecule has 1 amide bonds. The number of nitrogens with zero attached hydrogens (tertiary/aromatic N) is 1. The van der Waals surface area contributed by atoms with Crippen molar-refractivity contribution in [1.82, 2.24) is 4.90 Å². The van der Waals surface area contributed by atoms with Crippen LogP contribution in [0.15, 0.2) is 48.5 Å². The van der Waals surface area contributed by atoms with E-state index in [2.05, 4.69) is 23.3 Å². The van der Waals surface area contributed by atoms with Crippen LogP contribution in [0.25, 0.3) is 0 Å². The lowest BCUT2D eigenvalue weighted by Crippen LogP contribution is -2.33. The van der Waals surface area contributed by atoms with Gasteiger partial charge in [0, 0.05) is 24.0 Å². The summed E-state index contributed by atoms with van der Waals surface area (Å²) in [4.78, 5) is 14.9. The fourth-order valence-corrected chi connectivity index (χ4v) is 3.72. The molecule has 0 atom stereocenters. The Balaban J connectivity index is 0.00000196. The van der Waals surface area contributed by atoms with Gasteiger partial charge in [0.1, 0.15) is 0 Å². The summed E-state index contributed by atoms with van der Waals surface area (Å²) in [5.74, 6) is 0.00235. The molecule has 0 bridgehead atoms. The Morgan fingerprint density at radius 3 is 2.36 bits per heavy atom. The number of rotatable bonds is 6. The van der Waals surface area contributed by atoms with E-state index in [0.717, 1.165) is 17.8 Å². The Labute approximate surface area is 180 Å². The number of carbonyl (C=O) groups is 1. The van der Waals surface area contributed by atoms with Crippen LogP contribution in [-0.2, 0) is 17.8 Å². The standard InChI is InChI=1S/C22H29N3O.2ClH/c1-25(20-8-3-2-4-9-20)16-18-7-5-6-10-21(18)24-22(26)15-17-11-13-19(23)14-12-17;;/h5-7,10-14,20H,2-4,8-9,15-16,23H2,1H3,(H,24,26);2*1H. The van der Waals surface area contributed by atoms with Gasteiger partial charge >= 0.3 is 0 Å². The molecule has 28 heavy (non-hydrogen) atoms. The molecular formula is C22H31Cl2N3O. The summed E-state index contributed by atoms with van der Waals surface area (Å²) in [6, 6.07) is 16.2. The molecule has 0 spiro atoms. The lowest BCUT2D eigenvalue weighted by atomic mass is 9.94. The van der Waals surface area contributed by atoms with E-state index in [0.29, 0.717) is 18.2 Å². The highest BCUT2D eigenvalue weighted by Gasteiger charge is 2.19. The minimum atomic E-state index is 0. The molecule has 6 heteroatoms. The zero-order valence-corrected chi connectivity index (χ0v) is 18.0. The molecule has 0 radical (unpaired) electrons. The third-order valence-corrected chi connectivity index (χ3v) is 5.25. The molecule has 154 valence electrons. The van der Waals surface area contributed by atoms with Gasteiger partial charge < -0.3 is 11.1 Å². The van der Waals surface area contributed by atoms with E-state index in [4.69, 9.17) is 5.73 Å². The summed E-state index contributed by atoms with van der Waals surface area (Å²) < 4.78 is 0. The van der Waals surface area contributed by atoms with E-state index < -0.39 is 0 Å². The van der Waals surface area contributed by atoms with Crippen molar-refractivity contribution in [3.05, 3.63) is 59.7 Å². The van der Waals surface area contributed by atoms with Gasteiger partial charge in [-0.05, 0) is 49.2 Å². The molecule has 0 aliphatic heterocycles. The van der Waals surface area contributed by atoms with Crippen LogP contribution in [0.5, 0.6) is 0 Å². The molecule has 0 unspecified atom stereocenters. The number of para-hydroxylation sites is 1. The molecular weight excluding hydrogens is 393 g/mol. The second kappa shape index (κ2) is 11.9. The molecule has 1 saturated carbocycles. The molecule has 3 N–H and O–H groups in total. The van der Waals surface area contributed by atoms with Gasteiger partial charge in [-0.2, -0.15) is 0 Å². The maximum Gasteiger partial charge on any atom is 0.228 e. The van der Waals surface area contributed by atoms with Gasteiger partial charge in [0.05, 0.1) is 6.42 Å². The van der Waals surface area contributed by atoms with Crippen LogP contribution < -0.4 is 11.1 Å². The van der Waals surface area contributed by atoms with Crippen LogP contribution in [0.1, 0.15) is 43.2 Å². The second-order valence-corrected chi connectivity index (χ2v) is 7.33. The van der Waals surface area contributed by atoms with Gasteiger partial charge in [-0.3, -0.25) is 9.69 Å². The summed E-state index contributed by atoms with van der Waals surface area (Å²) in [5, 5.41) is 3.09. The van der Waals surface area contributed by atoms with Gasteiger partial charge in [0.2, 0.25) is 5.91 Å².